The van der Waals surface area contributed by atoms with Crippen molar-refractivity contribution in [1.82, 2.24) is 39.6 Å². The lowest BCUT2D eigenvalue weighted by molar-refractivity contribution is 0.0946. The number of hydrogen-bond acceptors (Lipinski definition) is 6. The number of pyridine rings is 1. The van der Waals surface area contributed by atoms with Crippen molar-refractivity contribution < 1.29 is 9.18 Å². The summed E-state index contributed by atoms with van der Waals surface area (Å²) in [5, 5.41) is 11.9. The number of carbonyl (C=O) groups excluding carboxylic acids is 1. The smallest absolute Gasteiger partial charge is 0.274 e. The molecule has 0 radical (unpaired) electrons. The van der Waals surface area contributed by atoms with Crippen LogP contribution in [0.1, 0.15) is 45.7 Å². The van der Waals surface area contributed by atoms with Crippen molar-refractivity contribution in [3.63, 3.8) is 0 Å². The molecule has 1 amide bonds. The molecule has 1 fully saturated rings. The average molecular weight is 499 g/mol. The summed E-state index contributed by atoms with van der Waals surface area (Å²) in [5.41, 5.74) is 5.11. The number of aromatic amines is 1. The Balaban J connectivity index is 1.08. The number of carbonyl (C=O) groups is 1. The Morgan fingerprint density at radius 2 is 2.05 bits per heavy atom. The van der Waals surface area contributed by atoms with E-state index in [0.29, 0.717) is 41.9 Å². The molecule has 10 nitrogen and oxygen atoms in total. The summed E-state index contributed by atoms with van der Waals surface area (Å²) in [7, 11) is 0. The molecule has 2 N–H and O–H groups in total. The van der Waals surface area contributed by atoms with Crippen LogP contribution in [0.15, 0.2) is 47.7 Å². The number of aryl methyl sites for hydroxylation is 1. The minimum absolute atomic E-state index is 0.151. The Morgan fingerprint density at radius 3 is 2.81 bits per heavy atom. The topological polar surface area (TPSA) is 113 Å². The summed E-state index contributed by atoms with van der Waals surface area (Å²) in [6.45, 7) is 3.37. The van der Waals surface area contributed by atoms with Gasteiger partial charge in [-0.3, -0.25) is 14.5 Å². The second kappa shape index (κ2) is 8.07. The van der Waals surface area contributed by atoms with Gasteiger partial charge in [0.15, 0.2) is 5.82 Å². The number of aromatic nitrogens is 6. The third kappa shape index (κ3) is 3.70. The molecule has 37 heavy (non-hydrogen) atoms. The molecule has 5 heterocycles. The lowest BCUT2D eigenvalue weighted by atomic mass is 10.1. The van der Waals surface area contributed by atoms with Crippen LogP contribution in [0.25, 0.3) is 22.2 Å². The maximum Gasteiger partial charge on any atom is 0.274 e. The zero-order valence-electron chi connectivity index (χ0n) is 20.0. The predicted molar refractivity (Wildman–Crippen MR) is 133 cm³/mol. The van der Waals surface area contributed by atoms with E-state index in [1.807, 2.05) is 12.3 Å². The highest BCUT2D eigenvalue weighted by Gasteiger charge is 2.26. The molecule has 186 valence electrons. The van der Waals surface area contributed by atoms with Crippen LogP contribution >= 0.6 is 0 Å². The van der Waals surface area contributed by atoms with Crippen LogP contribution in [0.5, 0.6) is 0 Å². The van der Waals surface area contributed by atoms with Crippen molar-refractivity contribution in [3.8, 4) is 5.69 Å². The maximum absolute atomic E-state index is 15.4. The highest BCUT2D eigenvalue weighted by molar-refractivity contribution is 5.92. The van der Waals surface area contributed by atoms with Gasteiger partial charge in [0.25, 0.3) is 11.5 Å². The standard InChI is InChI=1S/C26H23FN8O2/c1-14-8-29-35-21-7-2-15(22(27)23(21)31-26(37)24(14)35)10-33-11-16-12-34(32-20(16)13-33)18-5-6-19(28-9-18)25(36)30-17-3-4-17/h2,5-9,12,17H,3-4,10-11,13H2,1H3,(H,30,36)(H,31,37). The van der Waals surface area contributed by atoms with E-state index >= 15 is 4.39 Å². The van der Waals surface area contributed by atoms with Crippen molar-refractivity contribution in [1.29, 1.82) is 0 Å². The lowest BCUT2D eigenvalue weighted by Crippen LogP contribution is -2.26. The number of amides is 1. The van der Waals surface area contributed by atoms with Gasteiger partial charge in [-0.05, 0) is 38.0 Å². The molecular weight excluding hydrogens is 475 g/mol. The summed E-state index contributed by atoms with van der Waals surface area (Å²) in [6.07, 6.45) is 7.25. The second-order valence-electron chi connectivity index (χ2n) is 9.82. The van der Waals surface area contributed by atoms with Gasteiger partial charge in [0.2, 0.25) is 0 Å². The van der Waals surface area contributed by atoms with Gasteiger partial charge >= 0.3 is 0 Å². The van der Waals surface area contributed by atoms with E-state index in [1.54, 1.807) is 42.2 Å². The fourth-order valence-electron chi connectivity index (χ4n) is 4.93. The summed E-state index contributed by atoms with van der Waals surface area (Å²) < 4.78 is 18.7. The molecule has 0 spiro atoms. The van der Waals surface area contributed by atoms with Crippen molar-refractivity contribution >= 4 is 22.5 Å². The first-order chi connectivity index (χ1) is 17.9. The van der Waals surface area contributed by atoms with Gasteiger partial charge in [-0.25, -0.2) is 18.6 Å². The Kier molecular flexibility index (Phi) is 4.77. The lowest BCUT2D eigenvalue weighted by Gasteiger charge is -2.16. The zero-order chi connectivity index (χ0) is 25.3. The number of rotatable bonds is 5. The molecule has 0 bridgehead atoms. The van der Waals surface area contributed by atoms with Crippen LogP contribution in [0, 0.1) is 12.7 Å². The van der Waals surface area contributed by atoms with Gasteiger partial charge in [-0.2, -0.15) is 10.2 Å². The monoisotopic (exact) mass is 498 g/mol. The highest BCUT2D eigenvalue weighted by atomic mass is 19.1. The van der Waals surface area contributed by atoms with Crippen molar-refractivity contribution in [2.75, 3.05) is 0 Å². The number of fused-ring (bicyclic) bond motifs is 4. The van der Waals surface area contributed by atoms with Crippen LogP contribution < -0.4 is 10.9 Å². The molecule has 1 saturated carbocycles. The molecule has 11 heteroatoms. The normalized spacial score (nSPS) is 15.5. The van der Waals surface area contributed by atoms with Gasteiger partial charge in [0, 0.05) is 48.6 Å². The van der Waals surface area contributed by atoms with Crippen LogP contribution in [0.3, 0.4) is 0 Å². The van der Waals surface area contributed by atoms with Crippen LogP contribution in [-0.2, 0) is 19.6 Å². The first-order valence-corrected chi connectivity index (χ1v) is 12.2. The number of nitrogens with one attached hydrogen (secondary N) is 2. The molecule has 5 aromatic rings. The van der Waals surface area contributed by atoms with Crippen molar-refractivity contribution in [2.24, 2.45) is 0 Å². The van der Waals surface area contributed by atoms with E-state index in [1.165, 1.54) is 4.52 Å². The van der Waals surface area contributed by atoms with Crippen LogP contribution in [-0.4, -0.2) is 46.2 Å². The van der Waals surface area contributed by atoms with E-state index in [-0.39, 0.29) is 23.0 Å². The minimum Gasteiger partial charge on any atom is -0.348 e. The summed E-state index contributed by atoms with van der Waals surface area (Å²) in [6, 6.07) is 7.36. The van der Waals surface area contributed by atoms with Crippen LogP contribution in [0.2, 0.25) is 0 Å². The van der Waals surface area contributed by atoms with Gasteiger partial charge in [-0.15, -0.1) is 0 Å². The molecule has 2 aliphatic rings. The fourth-order valence-corrected chi connectivity index (χ4v) is 4.93. The molecule has 1 aliphatic carbocycles. The predicted octanol–water partition coefficient (Wildman–Crippen LogP) is 2.61. The van der Waals surface area contributed by atoms with Crippen molar-refractivity contribution in [3.05, 3.63) is 87.1 Å². The average Bonchev–Trinajstić information content (AvgIpc) is 3.29. The molecule has 0 saturated heterocycles. The third-order valence-corrected chi connectivity index (χ3v) is 7.03. The van der Waals surface area contributed by atoms with E-state index in [0.717, 1.165) is 35.3 Å². The Labute approximate surface area is 209 Å². The van der Waals surface area contributed by atoms with Crippen molar-refractivity contribution in [2.45, 2.75) is 45.4 Å². The fraction of sp³-hybridized carbons (Fsp3) is 0.269. The van der Waals surface area contributed by atoms with E-state index < -0.39 is 5.82 Å². The minimum atomic E-state index is -0.448. The number of benzene rings is 1. The van der Waals surface area contributed by atoms with Gasteiger partial charge in [-0.1, -0.05) is 6.07 Å². The number of halogens is 1. The quantitative estimate of drug-likeness (QED) is 0.385. The maximum atomic E-state index is 15.4. The first kappa shape index (κ1) is 21.9. The van der Waals surface area contributed by atoms with E-state index in [9.17, 15) is 9.59 Å². The second-order valence-corrected chi connectivity index (χ2v) is 9.82. The number of nitrogens with zero attached hydrogens (tertiary/aromatic N) is 6. The Bertz CT molecular complexity index is 1740. The number of hydrogen-bond donors (Lipinski definition) is 2. The summed E-state index contributed by atoms with van der Waals surface area (Å²) in [4.78, 5) is 33.8. The molecule has 1 aliphatic heterocycles. The summed E-state index contributed by atoms with van der Waals surface area (Å²) in [5.74, 6) is -0.599. The molecule has 0 unspecified atom stereocenters. The van der Waals surface area contributed by atoms with Gasteiger partial charge < -0.3 is 10.3 Å². The summed E-state index contributed by atoms with van der Waals surface area (Å²) >= 11 is 0. The van der Waals surface area contributed by atoms with Gasteiger partial charge in [0.1, 0.15) is 16.7 Å². The first-order valence-electron chi connectivity index (χ1n) is 12.2. The molecule has 4 aromatic heterocycles. The molecule has 1 aromatic carbocycles. The van der Waals surface area contributed by atoms with Gasteiger partial charge in [0.05, 0.1) is 29.3 Å². The molecular formula is C26H23FN8O2. The zero-order valence-corrected chi connectivity index (χ0v) is 20.0. The number of H-pyrrole nitrogens is 1. The SMILES string of the molecule is Cc1cnn2c1c(=O)[nH]c1c(F)c(CN3Cc4cn(-c5ccc(C(=O)NC6CC6)nc5)nc4C3)ccc12. The Hall–Kier alpha value is -4.38. The Morgan fingerprint density at radius 1 is 1.19 bits per heavy atom. The molecule has 7 rings (SSSR count). The van der Waals surface area contributed by atoms with Crippen LogP contribution in [0.4, 0.5) is 4.39 Å². The molecule has 0 atom stereocenters. The third-order valence-electron chi connectivity index (χ3n) is 7.03. The largest absolute Gasteiger partial charge is 0.348 e. The highest BCUT2D eigenvalue weighted by Crippen LogP contribution is 2.27. The van der Waals surface area contributed by atoms with E-state index in [4.69, 9.17) is 0 Å². The van der Waals surface area contributed by atoms with E-state index in [2.05, 4.69) is 30.4 Å².